The summed E-state index contributed by atoms with van der Waals surface area (Å²) in [6, 6.07) is 20.8. The number of carboxylic acid groups (broad SMARTS) is 2. The summed E-state index contributed by atoms with van der Waals surface area (Å²) in [5.74, 6) is -7.21. The highest BCUT2D eigenvalue weighted by Crippen LogP contribution is 2.30. The third-order valence-corrected chi connectivity index (χ3v) is 10.2. The van der Waals surface area contributed by atoms with Gasteiger partial charge in [-0.2, -0.15) is 0 Å². The third-order valence-electron chi connectivity index (χ3n) is 10.2. The van der Waals surface area contributed by atoms with Crippen molar-refractivity contribution in [3.63, 3.8) is 0 Å². The van der Waals surface area contributed by atoms with Gasteiger partial charge in [0.15, 0.2) is 11.6 Å². The van der Waals surface area contributed by atoms with Crippen LogP contribution < -0.4 is 10.6 Å². The monoisotopic (exact) mass is 818 g/mol. The molecule has 60 heavy (non-hydrogen) atoms. The highest BCUT2D eigenvalue weighted by Gasteiger charge is 2.30. The Hall–Kier alpha value is -7.36. The zero-order valence-electron chi connectivity index (χ0n) is 31.9. The molecule has 2 amide bonds. The minimum absolute atomic E-state index is 0.119. The molecule has 8 rings (SSSR count). The van der Waals surface area contributed by atoms with Gasteiger partial charge >= 0.3 is 11.9 Å². The van der Waals surface area contributed by atoms with E-state index in [4.69, 9.17) is 10.2 Å². The second kappa shape index (κ2) is 16.9. The van der Waals surface area contributed by atoms with Crippen LogP contribution in [-0.2, 0) is 35.5 Å². The number of benzene rings is 4. The number of carbonyl (C=O) groups excluding carboxylic acids is 2. The standard InChI is InChI=1S/2C22H17F2N3O3/c2*1-11(22(29)30)13-7-5-12(6-8-13)9-16-19-17(10-25-21(19)28)27-20(26-16)18-14(23)3-2-4-15(18)24/h2*2-8,11H,9-10H2,1H3,(H,25,28)(H,29,30)/t11-;/m1./s1. The molecule has 16 heteroatoms. The average Bonchev–Trinajstić information content (AvgIpc) is 3.79. The van der Waals surface area contributed by atoms with Crippen LogP contribution in [0, 0.1) is 23.3 Å². The van der Waals surface area contributed by atoms with Gasteiger partial charge in [0.1, 0.15) is 23.3 Å². The van der Waals surface area contributed by atoms with Crippen molar-refractivity contribution in [3.8, 4) is 22.8 Å². The van der Waals surface area contributed by atoms with Crippen molar-refractivity contribution in [1.29, 1.82) is 0 Å². The van der Waals surface area contributed by atoms with E-state index in [2.05, 4.69) is 30.6 Å². The van der Waals surface area contributed by atoms with Gasteiger partial charge in [0.25, 0.3) is 11.8 Å². The van der Waals surface area contributed by atoms with Crippen molar-refractivity contribution in [2.24, 2.45) is 0 Å². The lowest BCUT2D eigenvalue weighted by Crippen LogP contribution is -2.15. The number of nitrogens with one attached hydrogen (secondary N) is 2. The molecule has 2 aliphatic rings. The molecule has 304 valence electrons. The van der Waals surface area contributed by atoms with E-state index in [0.717, 1.165) is 35.4 Å². The third kappa shape index (κ3) is 8.30. The van der Waals surface area contributed by atoms with Crippen LogP contribution in [0.3, 0.4) is 0 Å². The molecule has 6 aromatic rings. The first-order chi connectivity index (χ1) is 28.7. The second-order valence-corrected chi connectivity index (χ2v) is 14.1. The first-order valence-corrected chi connectivity index (χ1v) is 18.6. The summed E-state index contributed by atoms with van der Waals surface area (Å²) in [6.07, 6.45) is 0.451. The number of hydrogen-bond acceptors (Lipinski definition) is 8. The predicted octanol–water partition coefficient (Wildman–Crippen LogP) is 6.89. The van der Waals surface area contributed by atoms with Crippen LogP contribution in [0.5, 0.6) is 0 Å². The normalized spacial score (nSPS) is 13.6. The maximum Gasteiger partial charge on any atom is 0.310 e. The molecule has 2 aliphatic heterocycles. The molecule has 2 aromatic heterocycles. The van der Waals surface area contributed by atoms with E-state index in [1.165, 1.54) is 12.1 Å². The van der Waals surface area contributed by atoms with Crippen molar-refractivity contribution >= 4 is 23.8 Å². The van der Waals surface area contributed by atoms with E-state index in [-0.39, 0.29) is 60.5 Å². The molecule has 0 spiro atoms. The van der Waals surface area contributed by atoms with Crippen LogP contribution in [0.25, 0.3) is 22.8 Å². The van der Waals surface area contributed by atoms with Gasteiger partial charge < -0.3 is 20.8 Å². The maximum absolute atomic E-state index is 14.3. The molecule has 0 radical (unpaired) electrons. The Labute approximate surface area is 339 Å². The molecule has 0 bridgehead atoms. The number of nitrogens with zero attached hydrogens (tertiary/aromatic N) is 4. The summed E-state index contributed by atoms with van der Waals surface area (Å²) < 4.78 is 57.0. The zero-order valence-corrected chi connectivity index (χ0v) is 31.9. The van der Waals surface area contributed by atoms with Gasteiger partial charge in [-0.05, 0) is 60.4 Å². The topological polar surface area (TPSA) is 184 Å². The fourth-order valence-corrected chi connectivity index (χ4v) is 6.83. The Bertz CT molecular complexity index is 2470. The first-order valence-electron chi connectivity index (χ1n) is 18.6. The van der Waals surface area contributed by atoms with Gasteiger partial charge in [-0.1, -0.05) is 60.7 Å². The Morgan fingerprint density at radius 3 is 1.20 bits per heavy atom. The predicted molar refractivity (Wildman–Crippen MR) is 208 cm³/mol. The van der Waals surface area contributed by atoms with Gasteiger partial charge in [0, 0.05) is 12.8 Å². The molecule has 0 saturated carbocycles. The van der Waals surface area contributed by atoms with Crippen molar-refractivity contribution < 1.29 is 47.0 Å². The van der Waals surface area contributed by atoms with Gasteiger partial charge in [-0.25, -0.2) is 37.5 Å². The smallest absolute Gasteiger partial charge is 0.310 e. The summed E-state index contributed by atoms with van der Waals surface area (Å²) in [7, 11) is 0. The van der Waals surface area contributed by atoms with Crippen molar-refractivity contribution in [1.82, 2.24) is 30.6 Å². The molecule has 0 fully saturated rings. The van der Waals surface area contributed by atoms with Gasteiger partial charge in [0.2, 0.25) is 0 Å². The highest BCUT2D eigenvalue weighted by molar-refractivity contribution is 5.99. The number of rotatable bonds is 10. The fraction of sp³-hybridized carbons (Fsp3) is 0.182. The molecular formula is C44H34F4N6O6. The summed E-state index contributed by atoms with van der Waals surface area (Å²) in [5.41, 5.74) is 4.25. The lowest BCUT2D eigenvalue weighted by Gasteiger charge is -2.11. The Morgan fingerprint density at radius 1 is 0.550 bits per heavy atom. The number of carbonyl (C=O) groups is 4. The molecule has 0 saturated heterocycles. The number of aliphatic carboxylic acids is 2. The summed E-state index contributed by atoms with van der Waals surface area (Å²) in [6.45, 7) is 3.49. The van der Waals surface area contributed by atoms with E-state index in [1.807, 2.05) is 0 Å². The van der Waals surface area contributed by atoms with Crippen LogP contribution >= 0.6 is 0 Å². The number of aromatic nitrogens is 4. The molecule has 0 aliphatic carbocycles. The van der Waals surface area contributed by atoms with E-state index in [9.17, 15) is 36.7 Å². The van der Waals surface area contributed by atoms with Crippen LogP contribution in [-0.4, -0.2) is 53.9 Å². The number of hydrogen-bond donors (Lipinski definition) is 4. The first kappa shape index (κ1) is 40.8. The molecular weight excluding hydrogens is 785 g/mol. The molecule has 4 heterocycles. The SMILES string of the molecule is CC(C(=O)O)c1ccc(Cc2nc(-c3c(F)cccc3F)nc3c2C(=O)NC3)cc1.C[C@@H](C(=O)O)c1ccc(Cc2nc(-c3c(F)cccc3F)nc3c2C(=O)NC3)cc1. The summed E-state index contributed by atoms with van der Waals surface area (Å²) >= 11 is 0. The highest BCUT2D eigenvalue weighted by atomic mass is 19.1. The number of amides is 2. The van der Waals surface area contributed by atoms with Crippen molar-refractivity contribution in [2.75, 3.05) is 0 Å². The van der Waals surface area contributed by atoms with Gasteiger partial charge in [-0.3, -0.25) is 19.2 Å². The van der Waals surface area contributed by atoms with E-state index in [1.54, 1.807) is 62.4 Å². The van der Waals surface area contributed by atoms with Gasteiger partial charge in [0.05, 0.1) is 70.0 Å². The number of carboxylic acids is 2. The van der Waals surface area contributed by atoms with Crippen molar-refractivity contribution in [3.05, 3.63) is 164 Å². The Balaban J connectivity index is 0.000000181. The van der Waals surface area contributed by atoms with Crippen molar-refractivity contribution in [2.45, 2.75) is 51.6 Å². The summed E-state index contributed by atoms with van der Waals surface area (Å²) in [4.78, 5) is 63.9. The number of halogens is 4. The Morgan fingerprint density at radius 2 is 0.883 bits per heavy atom. The minimum atomic E-state index is -0.926. The lowest BCUT2D eigenvalue weighted by atomic mass is 9.98. The molecule has 12 nitrogen and oxygen atoms in total. The Kier molecular flexibility index (Phi) is 11.5. The van der Waals surface area contributed by atoms with Crippen LogP contribution in [0.4, 0.5) is 17.6 Å². The van der Waals surface area contributed by atoms with Crippen LogP contribution in [0.1, 0.15) is 91.4 Å². The molecule has 1 unspecified atom stereocenters. The van der Waals surface area contributed by atoms with Crippen LogP contribution in [0.15, 0.2) is 84.9 Å². The summed E-state index contributed by atoms with van der Waals surface area (Å²) in [5, 5.41) is 23.6. The van der Waals surface area contributed by atoms with Crippen LogP contribution in [0.2, 0.25) is 0 Å². The number of fused-ring (bicyclic) bond motifs is 2. The molecule has 4 N–H and O–H groups in total. The quantitative estimate of drug-likeness (QED) is 0.106. The zero-order chi connectivity index (χ0) is 42.8. The average molecular weight is 819 g/mol. The fourth-order valence-electron chi connectivity index (χ4n) is 6.83. The largest absolute Gasteiger partial charge is 0.481 e. The van der Waals surface area contributed by atoms with Gasteiger partial charge in [-0.15, -0.1) is 0 Å². The minimum Gasteiger partial charge on any atom is -0.481 e. The van der Waals surface area contributed by atoms with E-state index in [0.29, 0.717) is 45.0 Å². The van der Waals surface area contributed by atoms with E-state index < -0.39 is 47.0 Å². The molecule has 4 aromatic carbocycles. The van der Waals surface area contributed by atoms with E-state index >= 15 is 0 Å². The second-order valence-electron chi connectivity index (χ2n) is 14.1. The molecule has 2 atom stereocenters. The maximum atomic E-state index is 14.3. The lowest BCUT2D eigenvalue weighted by molar-refractivity contribution is -0.139.